The molecule has 1 unspecified atom stereocenters. The van der Waals surface area contributed by atoms with Crippen LogP contribution in [0.2, 0.25) is 0 Å². The molecule has 2 amide bonds. The van der Waals surface area contributed by atoms with Crippen LogP contribution in [0.3, 0.4) is 0 Å². The summed E-state index contributed by atoms with van der Waals surface area (Å²) in [6, 6.07) is 17.7. The van der Waals surface area contributed by atoms with Crippen LogP contribution in [0.25, 0.3) is 10.9 Å². The van der Waals surface area contributed by atoms with Crippen molar-refractivity contribution in [2.45, 2.75) is 64.1 Å². The molecule has 1 heterocycles. The topological polar surface area (TPSA) is 86.0 Å². The third-order valence-corrected chi connectivity index (χ3v) is 7.23. The van der Waals surface area contributed by atoms with E-state index < -0.39 is 11.6 Å². The molecule has 0 saturated heterocycles. The Labute approximate surface area is 201 Å². The molecule has 1 aliphatic rings. The van der Waals surface area contributed by atoms with Gasteiger partial charge in [0.2, 0.25) is 11.8 Å². The third-order valence-electron chi connectivity index (χ3n) is 7.23. The molecule has 1 saturated carbocycles. The van der Waals surface area contributed by atoms with Crippen LogP contribution in [-0.2, 0) is 22.6 Å². The monoisotopic (exact) mass is 460 g/mol. The van der Waals surface area contributed by atoms with E-state index in [1.54, 1.807) is 0 Å². The van der Waals surface area contributed by atoms with E-state index in [2.05, 4.69) is 46.9 Å². The fourth-order valence-corrected chi connectivity index (χ4v) is 4.68. The molecule has 3 aromatic rings. The molecule has 1 aliphatic carbocycles. The van der Waals surface area contributed by atoms with Crippen molar-refractivity contribution in [2.75, 3.05) is 6.54 Å². The quantitative estimate of drug-likeness (QED) is 0.348. The van der Waals surface area contributed by atoms with Crippen molar-refractivity contribution in [3.8, 4) is 0 Å². The minimum atomic E-state index is -0.670. The second kappa shape index (κ2) is 10.9. The Bertz CT molecular complexity index is 1100. The van der Waals surface area contributed by atoms with Gasteiger partial charge in [0.25, 0.3) is 0 Å². The number of aromatic nitrogens is 1. The van der Waals surface area contributed by atoms with Crippen molar-refractivity contribution in [2.24, 2.45) is 5.92 Å². The Balaban J connectivity index is 1.37. The fourth-order valence-electron chi connectivity index (χ4n) is 4.68. The van der Waals surface area contributed by atoms with Gasteiger partial charge < -0.3 is 15.6 Å². The van der Waals surface area contributed by atoms with Crippen molar-refractivity contribution >= 4 is 22.7 Å². The molecule has 34 heavy (non-hydrogen) atoms. The van der Waals surface area contributed by atoms with Crippen LogP contribution in [0, 0.1) is 5.92 Å². The molecule has 4 N–H and O–H groups in total. The van der Waals surface area contributed by atoms with Gasteiger partial charge in [0, 0.05) is 30.2 Å². The number of amides is 2. The first-order valence-corrected chi connectivity index (χ1v) is 12.4. The highest BCUT2D eigenvalue weighted by Gasteiger charge is 2.46. The normalized spacial score (nSPS) is 16.4. The van der Waals surface area contributed by atoms with Crippen LogP contribution in [0.1, 0.15) is 50.7 Å². The number of hydrogen-bond acceptors (Lipinski definition) is 3. The number of rotatable bonds is 11. The smallest absolute Gasteiger partial charge is 0.240 e. The van der Waals surface area contributed by atoms with E-state index in [4.69, 9.17) is 0 Å². The number of carbonyl (C=O) groups excluding carboxylic acids is 2. The maximum Gasteiger partial charge on any atom is 0.240 e. The molecule has 2 atom stereocenters. The van der Waals surface area contributed by atoms with E-state index in [1.807, 2.05) is 48.7 Å². The zero-order chi connectivity index (χ0) is 24.0. The van der Waals surface area contributed by atoms with Crippen molar-refractivity contribution in [3.05, 3.63) is 71.9 Å². The van der Waals surface area contributed by atoms with Gasteiger partial charge in [0.15, 0.2) is 0 Å². The maximum atomic E-state index is 13.2. The summed E-state index contributed by atoms with van der Waals surface area (Å²) in [5.41, 5.74) is 2.70. The SMILES string of the molecule is CC[C@@H](C)C(NC1(C(=O)NCc2ccccc2)CCC1)C(=O)NCCc1c[nH]c2ccccc12. The van der Waals surface area contributed by atoms with Crippen LogP contribution in [0.5, 0.6) is 0 Å². The molecule has 1 aromatic heterocycles. The Kier molecular flexibility index (Phi) is 7.68. The molecule has 6 nitrogen and oxygen atoms in total. The number of aromatic amines is 1. The Morgan fingerprint density at radius 1 is 1.03 bits per heavy atom. The van der Waals surface area contributed by atoms with E-state index in [0.717, 1.165) is 43.2 Å². The van der Waals surface area contributed by atoms with Crippen LogP contribution < -0.4 is 16.0 Å². The molecule has 1 fully saturated rings. The summed E-state index contributed by atoms with van der Waals surface area (Å²) in [5.74, 6) is 0.0753. The number of benzene rings is 2. The lowest BCUT2D eigenvalue weighted by molar-refractivity contribution is -0.134. The second-order valence-electron chi connectivity index (χ2n) is 9.51. The molecule has 6 heteroatoms. The molecule has 0 bridgehead atoms. The second-order valence-corrected chi connectivity index (χ2v) is 9.51. The average molecular weight is 461 g/mol. The van der Waals surface area contributed by atoms with E-state index >= 15 is 0 Å². The van der Waals surface area contributed by atoms with Crippen LogP contribution in [-0.4, -0.2) is 34.9 Å². The lowest BCUT2D eigenvalue weighted by atomic mass is 9.74. The highest BCUT2D eigenvalue weighted by Crippen LogP contribution is 2.33. The Morgan fingerprint density at radius 2 is 1.76 bits per heavy atom. The molecule has 0 aliphatic heterocycles. The zero-order valence-electron chi connectivity index (χ0n) is 20.2. The number of para-hydroxylation sites is 1. The Morgan fingerprint density at radius 3 is 2.47 bits per heavy atom. The summed E-state index contributed by atoms with van der Waals surface area (Å²) in [5, 5.41) is 10.9. The molecule has 0 spiro atoms. The first-order chi connectivity index (χ1) is 16.5. The predicted molar refractivity (Wildman–Crippen MR) is 136 cm³/mol. The number of nitrogens with one attached hydrogen (secondary N) is 4. The largest absolute Gasteiger partial charge is 0.361 e. The molecule has 4 rings (SSSR count). The van der Waals surface area contributed by atoms with Gasteiger partial charge >= 0.3 is 0 Å². The minimum Gasteiger partial charge on any atom is -0.361 e. The van der Waals surface area contributed by atoms with Crippen molar-refractivity contribution in [3.63, 3.8) is 0 Å². The maximum absolute atomic E-state index is 13.2. The van der Waals surface area contributed by atoms with Gasteiger partial charge in [-0.25, -0.2) is 0 Å². The first kappa shape index (κ1) is 24.0. The Hall–Kier alpha value is -3.12. The highest BCUT2D eigenvalue weighted by atomic mass is 16.2. The zero-order valence-corrected chi connectivity index (χ0v) is 20.2. The van der Waals surface area contributed by atoms with E-state index in [9.17, 15) is 9.59 Å². The van der Waals surface area contributed by atoms with Crippen molar-refractivity contribution in [1.29, 1.82) is 0 Å². The number of carbonyl (C=O) groups is 2. The van der Waals surface area contributed by atoms with Gasteiger partial charge in [-0.1, -0.05) is 68.8 Å². The number of fused-ring (bicyclic) bond motifs is 1. The van der Waals surface area contributed by atoms with Crippen LogP contribution in [0.4, 0.5) is 0 Å². The van der Waals surface area contributed by atoms with Gasteiger partial charge in [-0.15, -0.1) is 0 Å². The summed E-state index contributed by atoms with van der Waals surface area (Å²) in [6.45, 7) is 5.21. The predicted octanol–water partition coefficient (Wildman–Crippen LogP) is 4.07. The van der Waals surface area contributed by atoms with Gasteiger partial charge in [-0.05, 0) is 48.8 Å². The number of hydrogen-bond donors (Lipinski definition) is 4. The van der Waals surface area contributed by atoms with E-state index in [1.165, 1.54) is 10.9 Å². The number of H-pyrrole nitrogens is 1. The minimum absolute atomic E-state index is 0.0116. The van der Waals surface area contributed by atoms with Gasteiger partial charge in [0.05, 0.1) is 11.6 Å². The summed E-state index contributed by atoms with van der Waals surface area (Å²) in [6.07, 6.45) is 6.12. The van der Waals surface area contributed by atoms with Gasteiger partial charge in [-0.2, -0.15) is 0 Å². The molecule has 2 aromatic carbocycles. The molecular weight excluding hydrogens is 424 g/mol. The standard InChI is InChI=1S/C28H36N4O2/c1-3-20(2)25(26(33)29-17-14-22-19-30-24-13-8-7-12-23(22)24)32-28(15-9-16-28)27(34)31-18-21-10-5-4-6-11-21/h4-8,10-13,19-20,25,30,32H,3,9,14-18H2,1-2H3,(H,29,33)(H,31,34)/t20-,25?/m1/s1. The highest BCUT2D eigenvalue weighted by molar-refractivity contribution is 5.89. The lowest BCUT2D eigenvalue weighted by Crippen LogP contribution is -2.67. The molecular formula is C28H36N4O2. The van der Waals surface area contributed by atoms with E-state index in [0.29, 0.717) is 13.1 Å². The summed E-state index contributed by atoms with van der Waals surface area (Å²) in [4.78, 5) is 29.7. The van der Waals surface area contributed by atoms with Gasteiger partial charge in [0.1, 0.15) is 0 Å². The van der Waals surface area contributed by atoms with Crippen molar-refractivity contribution in [1.82, 2.24) is 20.9 Å². The molecule has 0 radical (unpaired) electrons. The van der Waals surface area contributed by atoms with Crippen LogP contribution >= 0.6 is 0 Å². The third kappa shape index (κ3) is 5.33. The van der Waals surface area contributed by atoms with Gasteiger partial charge in [-0.3, -0.25) is 14.9 Å². The summed E-state index contributed by atoms with van der Waals surface area (Å²) >= 11 is 0. The van der Waals surface area contributed by atoms with Crippen molar-refractivity contribution < 1.29 is 9.59 Å². The lowest BCUT2D eigenvalue weighted by Gasteiger charge is -2.44. The fraction of sp³-hybridized carbons (Fsp3) is 0.429. The summed E-state index contributed by atoms with van der Waals surface area (Å²) in [7, 11) is 0. The summed E-state index contributed by atoms with van der Waals surface area (Å²) < 4.78 is 0. The van der Waals surface area contributed by atoms with E-state index in [-0.39, 0.29) is 17.7 Å². The van der Waals surface area contributed by atoms with Crippen LogP contribution in [0.15, 0.2) is 60.8 Å². The average Bonchev–Trinajstić information content (AvgIpc) is 3.25. The molecule has 180 valence electrons. The first-order valence-electron chi connectivity index (χ1n) is 12.4.